The number of carbonyl (C=O) groups is 1. The molecular formula is C9H9F6O4-. The molecule has 0 aromatic carbocycles. The minimum Gasteiger partial charge on any atom is -0.828 e. The van der Waals surface area contributed by atoms with Crippen LogP contribution < -0.4 is 5.11 Å². The van der Waals surface area contributed by atoms with E-state index in [9.17, 15) is 36.2 Å². The predicted molar refractivity (Wildman–Crippen MR) is 46.6 cm³/mol. The highest BCUT2D eigenvalue weighted by atomic mass is 19.4. The van der Waals surface area contributed by atoms with E-state index in [4.69, 9.17) is 0 Å². The molecule has 0 amide bonds. The lowest BCUT2D eigenvalue weighted by molar-refractivity contribution is -0.574. The number of allylic oxidation sites excluding steroid dienone is 1. The second kappa shape index (κ2) is 5.68. The number of rotatable bonds is 5. The zero-order chi connectivity index (χ0) is 15.5. The standard InChI is InChI=1S/C9H9F6O4/c1-5(2)18-3-4-19-6(16)7(17,8(10,11)12)9(13,14)15/h1,3-4H2,2H3/q-1. The van der Waals surface area contributed by atoms with Crippen molar-refractivity contribution >= 4 is 5.97 Å². The molecule has 4 nitrogen and oxygen atoms in total. The van der Waals surface area contributed by atoms with E-state index in [0.29, 0.717) is 0 Å². The lowest BCUT2D eigenvalue weighted by Crippen LogP contribution is -2.71. The average molecular weight is 295 g/mol. The molecule has 112 valence electrons. The van der Waals surface area contributed by atoms with E-state index in [1.807, 2.05) is 0 Å². The Morgan fingerprint density at radius 1 is 1.05 bits per heavy atom. The number of ether oxygens (including phenoxy) is 2. The largest absolute Gasteiger partial charge is 0.828 e. The summed E-state index contributed by atoms with van der Waals surface area (Å²) in [6.45, 7) is 3.10. The quantitative estimate of drug-likeness (QED) is 0.332. The molecule has 0 bridgehead atoms. The Labute approximate surface area is 103 Å². The van der Waals surface area contributed by atoms with Crippen LogP contribution in [0.2, 0.25) is 0 Å². The first-order chi connectivity index (χ1) is 8.34. The molecule has 0 spiro atoms. The zero-order valence-electron chi connectivity index (χ0n) is 9.52. The van der Waals surface area contributed by atoms with Crippen LogP contribution in [0.1, 0.15) is 6.92 Å². The fraction of sp³-hybridized carbons (Fsp3) is 0.667. The molecule has 0 aromatic rings. The minimum absolute atomic E-state index is 0.107. The van der Waals surface area contributed by atoms with Gasteiger partial charge in [-0.25, -0.2) is 0 Å². The van der Waals surface area contributed by atoms with Gasteiger partial charge in [0.25, 0.3) is 0 Å². The first kappa shape index (κ1) is 17.6. The topological polar surface area (TPSA) is 58.6 Å². The highest BCUT2D eigenvalue weighted by Gasteiger charge is 2.68. The monoisotopic (exact) mass is 295 g/mol. The molecule has 0 heterocycles. The molecule has 19 heavy (non-hydrogen) atoms. The first-order valence-corrected chi connectivity index (χ1v) is 4.63. The van der Waals surface area contributed by atoms with Crippen molar-refractivity contribution in [2.24, 2.45) is 0 Å². The Hall–Kier alpha value is -1.45. The molecule has 0 saturated carbocycles. The molecule has 0 saturated heterocycles. The Morgan fingerprint density at radius 2 is 1.42 bits per heavy atom. The van der Waals surface area contributed by atoms with Gasteiger partial charge in [-0.1, -0.05) is 6.58 Å². The van der Waals surface area contributed by atoms with Crippen molar-refractivity contribution in [3.8, 4) is 0 Å². The normalized spacial score (nSPS) is 13.1. The van der Waals surface area contributed by atoms with Crippen LogP contribution in [0, 0.1) is 0 Å². The summed E-state index contributed by atoms with van der Waals surface area (Å²) in [4.78, 5) is 10.8. The highest BCUT2D eigenvalue weighted by Crippen LogP contribution is 2.41. The fourth-order valence-corrected chi connectivity index (χ4v) is 0.844. The molecule has 0 fully saturated rings. The van der Waals surface area contributed by atoms with Crippen LogP contribution in [0.3, 0.4) is 0 Å². The van der Waals surface area contributed by atoms with Gasteiger partial charge in [0.2, 0.25) is 0 Å². The third-order valence-electron chi connectivity index (χ3n) is 1.75. The highest BCUT2D eigenvalue weighted by molar-refractivity contribution is 5.81. The molecule has 0 unspecified atom stereocenters. The van der Waals surface area contributed by atoms with Crippen LogP contribution in [-0.4, -0.2) is 37.1 Å². The first-order valence-electron chi connectivity index (χ1n) is 4.63. The van der Waals surface area contributed by atoms with Gasteiger partial charge in [-0.15, -0.1) is 0 Å². The Morgan fingerprint density at radius 3 is 1.74 bits per heavy atom. The summed E-state index contributed by atoms with van der Waals surface area (Å²) in [6, 6.07) is 0. The second-order valence-electron chi connectivity index (χ2n) is 3.36. The lowest BCUT2D eigenvalue weighted by atomic mass is 10.0. The van der Waals surface area contributed by atoms with Crippen molar-refractivity contribution in [2.75, 3.05) is 13.2 Å². The molecule has 0 aliphatic rings. The van der Waals surface area contributed by atoms with Gasteiger partial charge in [0.1, 0.15) is 13.2 Å². The Kier molecular flexibility index (Phi) is 5.24. The van der Waals surface area contributed by atoms with Crippen LogP contribution >= 0.6 is 0 Å². The van der Waals surface area contributed by atoms with E-state index in [2.05, 4.69) is 16.1 Å². The summed E-state index contributed by atoms with van der Waals surface area (Å²) in [5.41, 5.74) is -5.82. The number of alkyl halides is 6. The molecule has 0 radical (unpaired) electrons. The molecule has 0 aliphatic heterocycles. The average Bonchev–Trinajstić information content (AvgIpc) is 2.19. The number of halogens is 6. The van der Waals surface area contributed by atoms with Crippen molar-refractivity contribution in [2.45, 2.75) is 24.9 Å². The number of esters is 1. The van der Waals surface area contributed by atoms with E-state index in [1.165, 1.54) is 6.92 Å². The van der Waals surface area contributed by atoms with Crippen molar-refractivity contribution in [3.05, 3.63) is 12.3 Å². The van der Waals surface area contributed by atoms with Crippen LogP contribution in [0.4, 0.5) is 26.3 Å². The third kappa shape index (κ3) is 4.01. The summed E-state index contributed by atoms with van der Waals surface area (Å²) in [7, 11) is 0. The number of hydrogen-bond acceptors (Lipinski definition) is 4. The van der Waals surface area contributed by atoms with Crippen molar-refractivity contribution in [3.63, 3.8) is 0 Å². The van der Waals surface area contributed by atoms with Gasteiger partial charge in [0.05, 0.1) is 5.76 Å². The van der Waals surface area contributed by atoms with Crippen LogP contribution in [0.15, 0.2) is 12.3 Å². The van der Waals surface area contributed by atoms with Crippen LogP contribution in [0.25, 0.3) is 0 Å². The van der Waals surface area contributed by atoms with E-state index in [1.54, 1.807) is 0 Å². The fourth-order valence-electron chi connectivity index (χ4n) is 0.844. The van der Waals surface area contributed by atoms with Crippen molar-refractivity contribution < 1.29 is 45.7 Å². The lowest BCUT2D eigenvalue weighted by Gasteiger charge is -2.40. The van der Waals surface area contributed by atoms with E-state index in [0.717, 1.165) is 0 Å². The molecule has 10 heteroatoms. The molecule has 0 aromatic heterocycles. The summed E-state index contributed by atoms with van der Waals surface area (Å²) < 4.78 is 80.8. The van der Waals surface area contributed by atoms with Gasteiger partial charge in [0, 0.05) is 0 Å². The molecule has 0 atom stereocenters. The maximum absolute atomic E-state index is 12.1. The van der Waals surface area contributed by atoms with Crippen LogP contribution in [-0.2, 0) is 14.3 Å². The van der Waals surface area contributed by atoms with Crippen molar-refractivity contribution in [1.29, 1.82) is 0 Å². The Balaban J connectivity index is 4.83. The van der Waals surface area contributed by atoms with Gasteiger partial charge < -0.3 is 14.6 Å². The molecule has 0 N–H and O–H groups in total. The van der Waals surface area contributed by atoms with Gasteiger partial charge in [-0.2, -0.15) is 26.3 Å². The molecular weight excluding hydrogens is 286 g/mol. The maximum Gasteiger partial charge on any atom is 0.399 e. The van der Waals surface area contributed by atoms with Gasteiger partial charge in [-0.3, -0.25) is 4.79 Å². The number of carbonyl (C=O) groups excluding carboxylic acids is 1. The third-order valence-corrected chi connectivity index (χ3v) is 1.75. The van der Waals surface area contributed by atoms with Gasteiger partial charge in [-0.05, 0) is 6.92 Å². The number of hydrogen-bond donors (Lipinski definition) is 0. The summed E-state index contributed by atoms with van der Waals surface area (Å²) >= 11 is 0. The second-order valence-corrected chi connectivity index (χ2v) is 3.36. The summed E-state index contributed by atoms with van der Waals surface area (Å²) in [5.74, 6) is -2.87. The van der Waals surface area contributed by atoms with Gasteiger partial charge >= 0.3 is 18.3 Å². The summed E-state index contributed by atoms with van der Waals surface area (Å²) in [5, 5.41) is 10.8. The smallest absolute Gasteiger partial charge is 0.399 e. The maximum atomic E-state index is 12.1. The predicted octanol–water partition coefficient (Wildman–Crippen LogP) is 1.30. The van der Waals surface area contributed by atoms with Gasteiger partial charge in [0.15, 0.2) is 5.60 Å². The minimum atomic E-state index is -6.36. The molecule has 0 aliphatic carbocycles. The zero-order valence-corrected chi connectivity index (χ0v) is 9.52. The molecule has 0 rings (SSSR count). The van der Waals surface area contributed by atoms with E-state index in [-0.39, 0.29) is 5.76 Å². The van der Waals surface area contributed by atoms with Crippen LogP contribution in [0.5, 0.6) is 0 Å². The SMILES string of the molecule is C=C(C)OCCOC(=O)C([O-])(C(F)(F)F)C(F)(F)F. The Bertz CT molecular complexity index is 332. The van der Waals surface area contributed by atoms with E-state index < -0.39 is 37.1 Å². The summed E-state index contributed by atoms with van der Waals surface area (Å²) in [6.07, 6.45) is -12.7. The van der Waals surface area contributed by atoms with E-state index >= 15 is 0 Å². The van der Waals surface area contributed by atoms with Crippen molar-refractivity contribution in [1.82, 2.24) is 0 Å².